The van der Waals surface area contributed by atoms with Crippen molar-refractivity contribution in [2.75, 3.05) is 11.9 Å². The van der Waals surface area contributed by atoms with Crippen LogP contribution < -0.4 is 5.32 Å². The van der Waals surface area contributed by atoms with Crippen LogP contribution in [0.15, 0.2) is 30.5 Å². The van der Waals surface area contributed by atoms with Gasteiger partial charge in [0.05, 0.1) is 23.4 Å². The predicted octanol–water partition coefficient (Wildman–Crippen LogP) is 2.50. The third-order valence-electron chi connectivity index (χ3n) is 2.78. The summed E-state index contributed by atoms with van der Waals surface area (Å²) in [4.78, 5) is 24.0. The van der Waals surface area contributed by atoms with Gasteiger partial charge in [-0.15, -0.1) is 0 Å². The lowest BCUT2D eigenvalue weighted by molar-refractivity contribution is 0.0527. The SMILES string of the molecule is CCOC(=O)c1cnn(C)c1NC(=O)c1ccccc1Cl. The van der Waals surface area contributed by atoms with Crippen molar-refractivity contribution in [1.82, 2.24) is 9.78 Å². The van der Waals surface area contributed by atoms with Crippen molar-refractivity contribution in [2.45, 2.75) is 6.92 Å². The largest absolute Gasteiger partial charge is 0.462 e. The van der Waals surface area contributed by atoms with Crippen LogP contribution in [0.25, 0.3) is 0 Å². The third-order valence-corrected chi connectivity index (χ3v) is 3.11. The number of benzene rings is 1. The normalized spacial score (nSPS) is 10.2. The van der Waals surface area contributed by atoms with Gasteiger partial charge in [-0.2, -0.15) is 5.10 Å². The Labute approximate surface area is 126 Å². The molecule has 0 aliphatic carbocycles. The summed E-state index contributed by atoms with van der Waals surface area (Å²) in [7, 11) is 1.62. The summed E-state index contributed by atoms with van der Waals surface area (Å²) in [5.74, 6) is -0.701. The first-order valence-electron chi connectivity index (χ1n) is 6.29. The minimum absolute atomic E-state index is 0.194. The molecule has 1 heterocycles. The molecule has 0 spiro atoms. The number of rotatable bonds is 4. The highest BCUT2D eigenvalue weighted by Gasteiger charge is 2.20. The summed E-state index contributed by atoms with van der Waals surface area (Å²) < 4.78 is 6.31. The topological polar surface area (TPSA) is 73.2 Å². The van der Waals surface area contributed by atoms with E-state index in [-0.39, 0.29) is 18.0 Å². The van der Waals surface area contributed by atoms with Crippen LogP contribution in [0, 0.1) is 0 Å². The molecule has 7 heteroatoms. The Morgan fingerprint density at radius 1 is 1.33 bits per heavy atom. The maximum Gasteiger partial charge on any atom is 0.343 e. The summed E-state index contributed by atoms with van der Waals surface area (Å²) in [5.41, 5.74) is 0.509. The Kier molecular flexibility index (Phi) is 4.59. The van der Waals surface area contributed by atoms with Crippen molar-refractivity contribution in [3.05, 3.63) is 46.6 Å². The number of esters is 1. The van der Waals surface area contributed by atoms with Crippen LogP contribution >= 0.6 is 11.6 Å². The minimum atomic E-state index is -0.542. The molecule has 0 radical (unpaired) electrons. The molecule has 0 saturated heterocycles. The van der Waals surface area contributed by atoms with Gasteiger partial charge in [0.1, 0.15) is 11.4 Å². The van der Waals surface area contributed by atoms with Gasteiger partial charge in [0.2, 0.25) is 0 Å². The Hall–Kier alpha value is -2.34. The van der Waals surface area contributed by atoms with E-state index < -0.39 is 11.9 Å². The van der Waals surface area contributed by atoms with Gasteiger partial charge in [-0.1, -0.05) is 23.7 Å². The predicted molar refractivity (Wildman–Crippen MR) is 78.6 cm³/mol. The number of hydrogen-bond acceptors (Lipinski definition) is 4. The molecule has 2 rings (SSSR count). The quantitative estimate of drug-likeness (QED) is 0.881. The lowest BCUT2D eigenvalue weighted by Crippen LogP contribution is -2.17. The molecule has 0 saturated carbocycles. The molecular formula is C14H14ClN3O3. The fourth-order valence-corrected chi connectivity index (χ4v) is 1.99. The maximum absolute atomic E-state index is 12.2. The van der Waals surface area contributed by atoms with Crippen LogP contribution in [0.3, 0.4) is 0 Å². The number of nitrogens with zero attached hydrogens (tertiary/aromatic N) is 2. The maximum atomic E-state index is 12.2. The fourth-order valence-electron chi connectivity index (χ4n) is 1.76. The number of carbonyl (C=O) groups excluding carboxylic acids is 2. The lowest BCUT2D eigenvalue weighted by atomic mass is 10.2. The Morgan fingerprint density at radius 3 is 2.71 bits per heavy atom. The van der Waals surface area contributed by atoms with Gasteiger partial charge in [0, 0.05) is 7.05 Å². The summed E-state index contributed by atoms with van der Waals surface area (Å²) in [6.07, 6.45) is 1.35. The number of aromatic nitrogens is 2. The second kappa shape index (κ2) is 6.41. The highest BCUT2D eigenvalue weighted by molar-refractivity contribution is 6.34. The van der Waals surface area contributed by atoms with Gasteiger partial charge >= 0.3 is 5.97 Å². The van der Waals surface area contributed by atoms with E-state index in [9.17, 15) is 9.59 Å². The zero-order valence-corrected chi connectivity index (χ0v) is 12.3. The molecule has 6 nitrogen and oxygen atoms in total. The molecule has 1 aromatic heterocycles. The molecule has 1 amide bonds. The minimum Gasteiger partial charge on any atom is -0.462 e. The molecule has 0 aliphatic rings. The molecule has 0 bridgehead atoms. The van der Waals surface area contributed by atoms with Crippen LogP contribution in [0.5, 0.6) is 0 Å². The van der Waals surface area contributed by atoms with E-state index in [1.54, 1.807) is 38.2 Å². The lowest BCUT2D eigenvalue weighted by Gasteiger charge is -2.09. The summed E-state index contributed by atoms with van der Waals surface area (Å²) in [6.45, 7) is 1.95. The molecule has 0 aliphatic heterocycles. The van der Waals surface area contributed by atoms with Crippen molar-refractivity contribution >= 4 is 29.3 Å². The van der Waals surface area contributed by atoms with E-state index in [1.807, 2.05) is 0 Å². The second-order valence-corrected chi connectivity index (χ2v) is 4.59. The van der Waals surface area contributed by atoms with E-state index in [2.05, 4.69) is 10.4 Å². The van der Waals surface area contributed by atoms with E-state index >= 15 is 0 Å². The number of aryl methyl sites for hydroxylation is 1. The van der Waals surface area contributed by atoms with Gasteiger partial charge in [0.25, 0.3) is 5.91 Å². The molecule has 21 heavy (non-hydrogen) atoms. The number of carbonyl (C=O) groups is 2. The van der Waals surface area contributed by atoms with Gasteiger partial charge < -0.3 is 10.1 Å². The standard InChI is InChI=1S/C14H14ClN3O3/c1-3-21-14(20)10-8-16-18(2)12(10)17-13(19)9-6-4-5-7-11(9)15/h4-8H,3H2,1-2H3,(H,17,19). The van der Waals surface area contributed by atoms with Crippen LogP contribution in [0.4, 0.5) is 5.82 Å². The number of halogens is 1. The van der Waals surface area contributed by atoms with E-state index in [0.29, 0.717) is 10.6 Å². The first-order valence-corrected chi connectivity index (χ1v) is 6.67. The van der Waals surface area contributed by atoms with Crippen LogP contribution in [-0.4, -0.2) is 28.3 Å². The molecule has 110 valence electrons. The van der Waals surface area contributed by atoms with E-state index in [0.717, 1.165) is 0 Å². The van der Waals surface area contributed by atoms with E-state index in [4.69, 9.17) is 16.3 Å². The molecule has 1 N–H and O–H groups in total. The number of ether oxygens (including phenoxy) is 1. The highest BCUT2D eigenvalue weighted by atomic mass is 35.5. The van der Waals surface area contributed by atoms with Gasteiger partial charge in [-0.25, -0.2) is 4.79 Å². The number of hydrogen-bond donors (Lipinski definition) is 1. The molecule has 0 atom stereocenters. The first kappa shape index (κ1) is 15.1. The number of nitrogens with one attached hydrogen (secondary N) is 1. The molecule has 1 aromatic carbocycles. The first-order chi connectivity index (χ1) is 10.0. The van der Waals surface area contributed by atoms with Crippen molar-refractivity contribution in [3.8, 4) is 0 Å². The van der Waals surface area contributed by atoms with Crippen LogP contribution in [0.2, 0.25) is 5.02 Å². The van der Waals surface area contributed by atoms with Crippen molar-refractivity contribution in [2.24, 2.45) is 7.05 Å². The third kappa shape index (κ3) is 3.22. The van der Waals surface area contributed by atoms with Crippen LogP contribution in [0.1, 0.15) is 27.6 Å². The average molecular weight is 308 g/mol. The molecular weight excluding hydrogens is 294 g/mol. The fraction of sp³-hybridized carbons (Fsp3) is 0.214. The van der Waals surface area contributed by atoms with Gasteiger partial charge in [-0.3, -0.25) is 9.48 Å². The molecule has 0 unspecified atom stereocenters. The molecule has 2 aromatic rings. The summed E-state index contributed by atoms with van der Waals surface area (Å²) >= 11 is 5.98. The number of amides is 1. The van der Waals surface area contributed by atoms with Gasteiger partial charge in [-0.05, 0) is 19.1 Å². The zero-order chi connectivity index (χ0) is 15.4. The summed E-state index contributed by atoms with van der Waals surface area (Å²) in [5, 5.41) is 6.92. The smallest absolute Gasteiger partial charge is 0.343 e. The van der Waals surface area contributed by atoms with Crippen molar-refractivity contribution in [3.63, 3.8) is 0 Å². The van der Waals surface area contributed by atoms with Crippen LogP contribution in [-0.2, 0) is 11.8 Å². The monoisotopic (exact) mass is 307 g/mol. The van der Waals surface area contributed by atoms with Crippen molar-refractivity contribution < 1.29 is 14.3 Å². The Balaban J connectivity index is 2.28. The van der Waals surface area contributed by atoms with E-state index in [1.165, 1.54) is 10.9 Å². The zero-order valence-electron chi connectivity index (χ0n) is 11.6. The Bertz CT molecular complexity index is 682. The number of anilines is 1. The Morgan fingerprint density at radius 2 is 2.05 bits per heavy atom. The summed E-state index contributed by atoms with van der Waals surface area (Å²) in [6, 6.07) is 6.65. The van der Waals surface area contributed by atoms with Gasteiger partial charge in [0.15, 0.2) is 0 Å². The molecule has 0 fully saturated rings. The highest BCUT2D eigenvalue weighted by Crippen LogP contribution is 2.20. The average Bonchev–Trinajstić information content (AvgIpc) is 2.81. The second-order valence-electron chi connectivity index (χ2n) is 4.18. The van der Waals surface area contributed by atoms with Crippen molar-refractivity contribution in [1.29, 1.82) is 0 Å².